The lowest BCUT2D eigenvalue weighted by Crippen LogP contribution is -2.39. The third kappa shape index (κ3) is 4.27. The molecule has 0 aromatic heterocycles. The summed E-state index contributed by atoms with van der Waals surface area (Å²) in [6, 6.07) is 17.1. The molecule has 0 saturated carbocycles. The monoisotopic (exact) mass is 396 g/mol. The maximum absolute atomic E-state index is 13.4. The van der Waals surface area contributed by atoms with E-state index in [0.717, 1.165) is 12.8 Å². The number of hydrogen-bond donors (Lipinski definition) is 0. The third-order valence-corrected chi connectivity index (χ3v) is 8.35. The lowest BCUT2D eigenvalue weighted by atomic mass is 9.87. The van der Waals surface area contributed by atoms with Crippen molar-refractivity contribution in [2.45, 2.75) is 61.5 Å². The van der Waals surface area contributed by atoms with Gasteiger partial charge in [0.2, 0.25) is 0 Å². The van der Waals surface area contributed by atoms with E-state index in [-0.39, 0.29) is 12.2 Å². The van der Waals surface area contributed by atoms with Gasteiger partial charge in [-0.2, -0.15) is 0 Å². The Kier molecular flexibility index (Phi) is 6.19. The average molecular weight is 397 g/mol. The van der Waals surface area contributed by atoms with Crippen molar-refractivity contribution in [1.29, 1.82) is 0 Å². The van der Waals surface area contributed by atoms with Crippen LogP contribution < -0.4 is 0 Å². The van der Waals surface area contributed by atoms with Gasteiger partial charge in [-0.15, -0.1) is 0 Å². The highest BCUT2D eigenvalue weighted by atomic mass is 32.2. The van der Waals surface area contributed by atoms with Crippen LogP contribution in [0.4, 0.5) is 0 Å². The smallest absolute Gasteiger partial charge is 0.187 e. The van der Waals surface area contributed by atoms with Crippen molar-refractivity contribution in [1.82, 2.24) is 0 Å². The highest BCUT2D eigenvalue weighted by Crippen LogP contribution is 2.39. The molecule has 0 heterocycles. The maximum Gasteiger partial charge on any atom is 0.187 e. The van der Waals surface area contributed by atoms with E-state index in [0.29, 0.717) is 23.7 Å². The second kappa shape index (κ2) is 8.44. The molecule has 0 radical (unpaired) electrons. The number of rotatable bonds is 7. The van der Waals surface area contributed by atoms with Gasteiger partial charge in [0.05, 0.1) is 9.64 Å². The van der Waals surface area contributed by atoms with Crippen LogP contribution in [0.15, 0.2) is 71.6 Å². The van der Waals surface area contributed by atoms with Crippen LogP contribution in [0.3, 0.4) is 0 Å². The summed E-state index contributed by atoms with van der Waals surface area (Å²) in [4.78, 5) is 12.1. The molecule has 2 aromatic rings. The van der Waals surface area contributed by atoms with Crippen LogP contribution >= 0.6 is 0 Å². The van der Waals surface area contributed by atoms with Crippen molar-refractivity contribution in [3.63, 3.8) is 0 Å². The zero-order chi connectivity index (χ0) is 20.2. The number of hydrogen-bond acceptors (Lipinski definition) is 3. The van der Waals surface area contributed by atoms with Gasteiger partial charge in [0.25, 0.3) is 0 Å². The van der Waals surface area contributed by atoms with Gasteiger partial charge < -0.3 is 0 Å². The molecule has 2 aromatic carbocycles. The molecule has 0 saturated heterocycles. The van der Waals surface area contributed by atoms with Gasteiger partial charge in [-0.1, -0.05) is 67.4 Å². The Morgan fingerprint density at radius 3 is 2.32 bits per heavy atom. The van der Waals surface area contributed by atoms with Crippen LogP contribution in [0, 0.1) is 6.92 Å². The van der Waals surface area contributed by atoms with Crippen LogP contribution in [-0.2, 0) is 14.6 Å². The Hall–Kier alpha value is -2.20. The molecule has 0 bridgehead atoms. The van der Waals surface area contributed by atoms with Crippen LogP contribution in [0.2, 0.25) is 0 Å². The standard InChI is InChI=1S/C24H28O3S/c1-19-10-12-21(13-11-19)20(2)7-6-16-24(17-14-22(25)15-18-24)28(26,27)23-8-4-3-5-9-23/h3-5,8-14,17,20H,6-7,15-16,18H2,1-2H3. The molecule has 0 spiro atoms. The number of carbonyl (C=O) groups excluding carboxylic acids is 1. The lowest BCUT2D eigenvalue weighted by molar-refractivity contribution is -0.115. The van der Waals surface area contributed by atoms with Gasteiger partial charge in [0.15, 0.2) is 15.6 Å². The first-order valence-electron chi connectivity index (χ1n) is 9.92. The lowest BCUT2D eigenvalue weighted by Gasteiger charge is -2.33. The van der Waals surface area contributed by atoms with Crippen molar-refractivity contribution in [2.75, 3.05) is 0 Å². The van der Waals surface area contributed by atoms with Crippen molar-refractivity contribution >= 4 is 15.6 Å². The van der Waals surface area contributed by atoms with Crippen molar-refractivity contribution in [3.05, 3.63) is 77.9 Å². The molecule has 3 nitrogen and oxygen atoms in total. The van der Waals surface area contributed by atoms with Gasteiger partial charge in [0, 0.05) is 6.42 Å². The molecule has 3 rings (SSSR count). The SMILES string of the molecule is Cc1ccc(C(C)CCCC2(S(=O)(=O)c3ccccc3)C=CC(=O)CC2)cc1. The van der Waals surface area contributed by atoms with Gasteiger partial charge in [-0.05, 0) is 55.9 Å². The highest BCUT2D eigenvalue weighted by Gasteiger charge is 2.43. The zero-order valence-electron chi connectivity index (χ0n) is 16.6. The van der Waals surface area contributed by atoms with E-state index < -0.39 is 14.6 Å². The Morgan fingerprint density at radius 2 is 1.71 bits per heavy atom. The van der Waals surface area contributed by atoms with E-state index in [1.807, 2.05) is 6.07 Å². The highest BCUT2D eigenvalue weighted by molar-refractivity contribution is 7.93. The summed E-state index contributed by atoms with van der Waals surface area (Å²) in [5.41, 5.74) is 2.51. The second-order valence-corrected chi connectivity index (χ2v) is 10.2. The molecule has 0 fully saturated rings. The zero-order valence-corrected chi connectivity index (χ0v) is 17.4. The van der Waals surface area contributed by atoms with E-state index in [1.165, 1.54) is 17.2 Å². The predicted molar refractivity (Wildman–Crippen MR) is 113 cm³/mol. The molecule has 2 unspecified atom stereocenters. The van der Waals surface area contributed by atoms with Crippen LogP contribution in [-0.4, -0.2) is 18.9 Å². The van der Waals surface area contributed by atoms with Gasteiger partial charge >= 0.3 is 0 Å². The molecule has 1 aliphatic rings. The summed E-state index contributed by atoms with van der Waals surface area (Å²) in [6.07, 6.45) is 6.00. The molecule has 148 valence electrons. The summed E-state index contributed by atoms with van der Waals surface area (Å²) in [6.45, 7) is 4.26. The van der Waals surface area contributed by atoms with Crippen LogP contribution in [0.25, 0.3) is 0 Å². The molecule has 28 heavy (non-hydrogen) atoms. The number of allylic oxidation sites excluding steroid dienone is 1. The molecule has 2 atom stereocenters. The van der Waals surface area contributed by atoms with Crippen molar-refractivity contribution in [2.24, 2.45) is 0 Å². The van der Waals surface area contributed by atoms with Gasteiger partial charge in [-0.3, -0.25) is 4.79 Å². The van der Waals surface area contributed by atoms with Gasteiger partial charge in [-0.25, -0.2) is 8.42 Å². The number of ketones is 1. The fraction of sp³-hybridized carbons (Fsp3) is 0.375. The molecule has 4 heteroatoms. The average Bonchev–Trinajstić information content (AvgIpc) is 2.70. The number of aryl methyl sites for hydroxylation is 1. The van der Waals surface area contributed by atoms with E-state index in [1.54, 1.807) is 30.3 Å². The van der Waals surface area contributed by atoms with E-state index >= 15 is 0 Å². The Morgan fingerprint density at radius 1 is 1.04 bits per heavy atom. The second-order valence-electron chi connectivity index (χ2n) is 7.88. The van der Waals surface area contributed by atoms with E-state index in [4.69, 9.17) is 0 Å². The molecule has 0 aliphatic heterocycles. The van der Waals surface area contributed by atoms with Gasteiger partial charge in [0.1, 0.15) is 0 Å². The summed E-state index contributed by atoms with van der Waals surface area (Å²) < 4.78 is 25.9. The largest absolute Gasteiger partial charge is 0.295 e. The molecule has 0 N–H and O–H groups in total. The summed E-state index contributed by atoms with van der Waals surface area (Å²) in [5, 5.41) is 0. The minimum atomic E-state index is -3.55. The normalized spacial score (nSPS) is 20.9. The molecular formula is C24H28O3S. The maximum atomic E-state index is 13.4. The molecular weight excluding hydrogens is 368 g/mol. The quantitative estimate of drug-likeness (QED) is 0.629. The predicted octanol–water partition coefficient (Wildman–Crippen LogP) is 5.40. The van der Waals surface area contributed by atoms with E-state index in [2.05, 4.69) is 38.1 Å². The van der Waals surface area contributed by atoms with Crippen molar-refractivity contribution < 1.29 is 13.2 Å². The first kappa shape index (κ1) is 20.5. The Bertz CT molecular complexity index is 943. The van der Waals surface area contributed by atoms with Crippen LogP contribution in [0.1, 0.15) is 56.1 Å². The van der Waals surface area contributed by atoms with Crippen LogP contribution in [0.5, 0.6) is 0 Å². The molecule has 0 amide bonds. The summed E-state index contributed by atoms with van der Waals surface area (Å²) >= 11 is 0. The number of benzene rings is 2. The first-order valence-corrected chi connectivity index (χ1v) is 11.4. The summed E-state index contributed by atoms with van der Waals surface area (Å²) in [7, 11) is -3.55. The fourth-order valence-corrected chi connectivity index (χ4v) is 5.93. The summed E-state index contributed by atoms with van der Waals surface area (Å²) in [5.74, 6) is 0.373. The Balaban J connectivity index is 1.79. The fourth-order valence-electron chi connectivity index (χ4n) is 3.92. The topological polar surface area (TPSA) is 51.2 Å². The van der Waals surface area contributed by atoms with E-state index in [9.17, 15) is 13.2 Å². The molecule has 1 aliphatic carbocycles. The minimum absolute atomic E-state index is 0.00640. The Labute approximate surface area is 168 Å². The third-order valence-electron chi connectivity index (χ3n) is 5.84. The number of carbonyl (C=O) groups is 1. The first-order chi connectivity index (χ1) is 13.3. The number of sulfone groups is 1. The van der Waals surface area contributed by atoms with Crippen molar-refractivity contribution in [3.8, 4) is 0 Å². The minimum Gasteiger partial charge on any atom is -0.295 e.